The van der Waals surface area contributed by atoms with Gasteiger partial charge < -0.3 is 0 Å². The average molecular weight is 159 g/mol. The van der Waals surface area contributed by atoms with Crippen LogP contribution in [0.3, 0.4) is 0 Å². The summed E-state index contributed by atoms with van der Waals surface area (Å²) in [7, 11) is 0. The Morgan fingerprint density at radius 1 is 1.50 bits per heavy atom. The van der Waals surface area contributed by atoms with E-state index in [0.29, 0.717) is 0 Å². The van der Waals surface area contributed by atoms with Crippen molar-refractivity contribution in [2.24, 2.45) is 0 Å². The minimum Gasteiger partial charge on any atom is -0.242 e. The molecule has 60 valence electrons. The van der Waals surface area contributed by atoms with Crippen LogP contribution < -0.4 is 0 Å². The van der Waals surface area contributed by atoms with E-state index < -0.39 is 0 Å². The Morgan fingerprint density at radius 3 is 2.75 bits per heavy atom. The van der Waals surface area contributed by atoms with Gasteiger partial charge in [-0.25, -0.2) is 9.97 Å². The maximum atomic E-state index is 8.89. The standard InChI is InChI=1S/C9H9N3/c1-7-4-8(12-6-11-7)9(5-10)2-3-9/h4,6H,2-3H2,1H3. The van der Waals surface area contributed by atoms with Gasteiger partial charge in [0.2, 0.25) is 0 Å². The number of nitriles is 1. The predicted molar refractivity (Wildman–Crippen MR) is 43.3 cm³/mol. The number of nitrogens with zero attached hydrogens (tertiary/aromatic N) is 3. The molecular weight excluding hydrogens is 150 g/mol. The van der Waals surface area contributed by atoms with Gasteiger partial charge in [-0.1, -0.05) is 0 Å². The Bertz CT molecular complexity index is 347. The van der Waals surface area contributed by atoms with Crippen LogP contribution in [-0.4, -0.2) is 9.97 Å². The molecule has 1 aliphatic rings. The molecule has 1 saturated carbocycles. The number of hydrogen-bond acceptors (Lipinski definition) is 3. The summed E-state index contributed by atoms with van der Waals surface area (Å²) in [6.45, 7) is 1.92. The van der Waals surface area contributed by atoms with Crippen LogP contribution in [0.25, 0.3) is 0 Å². The van der Waals surface area contributed by atoms with Gasteiger partial charge in [0.15, 0.2) is 0 Å². The fourth-order valence-corrected chi connectivity index (χ4v) is 1.27. The highest BCUT2D eigenvalue weighted by atomic mass is 14.9. The maximum absolute atomic E-state index is 8.89. The summed E-state index contributed by atoms with van der Waals surface area (Å²) < 4.78 is 0. The molecular formula is C9H9N3. The molecule has 0 saturated heterocycles. The van der Waals surface area contributed by atoms with Gasteiger partial charge in [-0.3, -0.25) is 0 Å². The summed E-state index contributed by atoms with van der Waals surface area (Å²) in [5.74, 6) is 0. The van der Waals surface area contributed by atoms with E-state index in [0.717, 1.165) is 24.2 Å². The lowest BCUT2D eigenvalue weighted by Gasteiger charge is -2.03. The number of aryl methyl sites for hydroxylation is 1. The molecule has 0 radical (unpaired) electrons. The Kier molecular flexibility index (Phi) is 1.37. The van der Waals surface area contributed by atoms with Gasteiger partial charge in [-0.2, -0.15) is 5.26 Å². The molecule has 0 N–H and O–H groups in total. The molecule has 3 nitrogen and oxygen atoms in total. The van der Waals surface area contributed by atoms with Crippen molar-refractivity contribution in [1.82, 2.24) is 9.97 Å². The second kappa shape index (κ2) is 2.28. The van der Waals surface area contributed by atoms with Gasteiger partial charge >= 0.3 is 0 Å². The van der Waals surface area contributed by atoms with Gasteiger partial charge in [0.05, 0.1) is 17.2 Å². The first kappa shape index (κ1) is 7.23. The van der Waals surface area contributed by atoms with E-state index in [9.17, 15) is 0 Å². The number of aromatic nitrogens is 2. The molecule has 1 fully saturated rings. The molecule has 12 heavy (non-hydrogen) atoms. The van der Waals surface area contributed by atoms with Crippen LogP contribution in [0.2, 0.25) is 0 Å². The largest absolute Gasteiger partial charge is 0.242 e. The first-order valence-electron chi connectivity index (χ1n) is 3.97. The van der Waals surface area contributed by atoms with Crippen molar-refractivity contribution in [1.29, 1.82) is 5.26 Å². The topological polar surface area (TPSA) is 49.6 Å². The third-order valence-corrected chi connectivity index (χ3v) is 2.26. The Labute approximate surface area is 71.1 Å². The zero-order chi connectivity index (χ0) is 8.60. The molecule has 0 aliphatic heterocycles. The van der Waals surface area contributed by atoms with E-state index >= 15 is 0 Å². The fourth-order valence-electron chi connectivity index (χ4n) is 1.27. The molecule has 1 heterocycles. The minimum absolute atomic E-state index is 0.270. The second-order valence-electron chi connectivity index (χ2n) is 3.24. The molecule has 0 spiro atoms. The molecule has 0 unspecified atom stereocenters. The van der Waals surface area contributed by atoms with Crippen molar-refractivity contribution >= 4 is 0 Å². The smallest absolute Gasteiger partial charge is 0.115 e. The van der Waals surface area contributed by atoms with Gasteiger partial charge in [0, 0.05) is 5.69 Å². The van der Waals surface area contributed by atoms with Crippen molar-refractivity contribution in [2.75, 3.05) is 0 Å². The first-order valence-corrected chi connectivity index (χ1v) is 3.97. The SMILES string of the molecule is Cc1cc(C2(C#N)CC2)ncn1. The van der Waals surface area contributed by atoms with E-state index in [-0.39, 0.29) is 5.41 Å². The Morgan fingerprint density at radius 2 is 2.25 bits per heavy atom. The van der Waals surface area contributed by atoms with E-state index in [1.807, 2.05) is 13.0 Å². The van der Waals surface area contributed by atoms with Crippen LogP contribution in [0.5, 0.6) is 0 Å². The highest BCUT2D eigenvalue weighted by Gasteiger charge is 2.46. The normalized spacial score (nSPS) is 18.3. The van der Waals surface area contributed by atoms with Crippen molar-refractivity contribution in [3.05, 3.63) is 23.8 Å². The lowest BCUT2D eigenvalue weighted by Crippen LogP contribution is -2.06. The van der Waals surface area contributed by atoms with Gasteiger partial charge in [-0.15, -0.1) is 0 Å². The van der Waals surface area contributed by atoms with Crippen molar-refractivity contribution in [2.45, 2.75) is 25.2 Å². The van der Waals surface area contributed by atoms with Crippen LogP contribution in [-0.2, 0) is 5.41 Å². The molecule has 1 aromatic heterocycles. The number of rotatable bonds is 1. The van der Waals surface area contributed by atoms with Crippen LogP contribution in [0.15, 0.2) is 12.4 Å². The second-order valence-corrected chi connectivity index (χ2v) is 3.24. The zero-order valence-electron chi connectivity index (χ0n) is 6.91. The zero-order valence-corrected chi connectivity index (χ0v) is 6.91. The average Bonchev–Trinajstić information content (AvgIpc) is 2.84. The molecule has 1 aromatic rings. The predicted octanol–water partition coefficient (Wildman–Crippen LogP) is 1.34. The van der Waals surface area contributed by atoms with Crippen LogP contribution in [0.1, 0.15) is 24.2 Å². The van der Waals surface area contributed by atoms with Gasteiger partial charge in [0.25, 0.3) is 0 Å². The van der Waals surface area contributed by atoms with Crippen molar-refractivity contribution in [3.63, 3.8) is 0 Å². The lowest BCUT2D eigenvalue weighted by molar-refractivity contribution is 0.836. The van der Waals surface area contributed by atoms with Crippen molar-refractivity contribution in [3.8, 4) is 6.07 Å². The highest BCUT2D eigenvalue weighted by molar-refractivity contribution is 5.33. The summed E-state index contributed by atoms with van der Waals surface area (Å²) in [5, 5.41) is 8.89. The number of hydrogen-bond donors (Lipinski definition) is 0. The monoisotopic (exact) mass is 159 g/mol. The summed E-state index contributed by atoms with van der Waals surface area (Å²) in [5.41, 5.74) is 1.55. The van der Waals surface area contributed by atoms with E-state index in [1.54, 1.807) is 0 Å². The van der Waals surface area contributed by atoms with Gasteiger partial charge in [-0.05, 0) is 25.8 Å². The first-order chi connectivity index (χ1) is 5.77. The van der Waals surface area contributed by atoms with Crippen LogP contribution in [0.4, 0.5) is 0 Å². The quantitative estimate of drug-likeness (QED) is 0.621. The summed E-state index contributed by atoms with van der Waals surface area (Å²) >= 11 is 0. The highest BCUT2D eigenvalue weighted by Crippen LogP contribution is 2.46. The molecule has 1 aliphatic carbocycles. The minimum atomic E-state index is -0.270. The third-order valence-electron chi connectivity index (χ3n) is 2.26. The Hall–Kier alpha value is -1.43. The molecule has 0 amide bonds. The summed E-state index contributed by atoms with van der Waals surface area (Å²) in [6, 6.07) is 4.20. The molecule has 0 aromatic carbocycles. The maximum Gasteiger partial charge on any atom is 0.115 e. The van der Waals surface area contributed by atoms with E-state index in [4.69, 9.17) is 5.26 Å². The molecule has 2 rings (SSSR count). The Balaban J connectivity index is 2.42. The molecule has 0 atom stereocenters. The van der Waals surface area contributed by atoms with Crippen LogP contribution >= 0.6 is 0 Å². The summed E-state index contributed by atoms with van der Waals surface area (Å²) in [4.78, 5) is 8.11. The summed E-state index contributed by atoms with van der Waals surface area (Å²) in [6.07, 6.45) is 3.42. The third kappa shape index (κ3) is 0.964. The molecule has 3 heteroatoms. The fraction of sp³-hybridized carbons (Fsp3) is 0.444. The van der Waals surface area contributed by atoms with Crippen LogP contribution in [0, 0.1) is 18.3 Å². The van der Waals surface area contributed by atoms with E-state index in [2.05, 4.69) is 16.0 Å². The van der Waals surface area contributed by atoms with Gasteiger partial charge in [0.1, 0.15) is 6.33 Å². The molecule has 0 bridgehead atoms. The van der Waals surface area contributed by atoms with E-state index in [1.165, 1.54) is 6.33 Å². The van der Waals surface area contributed by atoms with Crippen molar-refractivity contribution < 1.29 is 0 Å². The lowest BCUT2D eigenvalue weighted by atomic mass is 10.0.